The van der Waals surface area contributed by atoms with E-state index < -0.39 is 6.04 Å². The van der Waals surface area contributed by atoms with Crippen LogP contribution in [-0.4, -0.2) is 40.3 Å². The lowest BCUT2D eigenvalue weighted by molar-refractivity contribution is -0.126. The van der Waals surface area contributed by atoms with Crippen LogP contribution < -0.4 is 5.32 Å². The SMILES string of the molecule is CN1C(=O)NC(c2ccc(F)cc2)C2=C1CN(Cc1ccccn1)C2=O. The number of halogens is 1. The van der Waals surface area contributed by atoms with E-state index in [2.05, 4.69) is 10.3 Å². The Balaban J connectivity index is 1.67. The molecule has 4 rings (SSSR count). The predicted octanol–water partition coefficient (Wildman–Crippen LogP) is 2.21. The number of pyridine rings is 1. The van der Waals surface area contributed by atoms with Gasteiger partial charge in [0.2, 0.25) is 0 Å². The van der Waals surface area contributed by atoms with Gasteiger partial charge < -0.3 is 10.2 Å². The molecule has 1 aromatic carbocycles. The van der Waals surface area contributed by atoms with E-state index in [9.17, 15) is 14.0 Å². The molecule has 1 N–H and O–H groups in total. The number of hydrogen-bond donors (Lipinski definition) is 1. The molecular weight excluding hydrogens is 335 g/mol. The number of urea groups is 1. The summed E-state index contributed by atoms with van der Waals surface area (Å²) < 4.78 is 13.3. The van der Waals surface area contributed by atoms with E-state index in [1.54, 1.807) is 30.3 Å². The zero-order chi connectivity index (χ0) is 18.3. The molecule has 3 amide bonds. The van der Waals surface area contributed by atoms with Gasteiger partial charge in [0.15, 0.2) is 0 Å². The van der Waals surface area contributed by atoms with Crippen LogP contribution >= 0.6 is 0 Å². The summed E-state index contributed by atoms with van der Waals surface area (Å²) in [5.41, 5.74) is 2.65. The number of likely N-dealkylation sites (N-methyl/N-ethyl adjacent to an activating group) is 1. The van der Waals surface area contributed by atoms with Gasteiger partial charge >= 0.3 is 6.03 Å². The van der Waals surface area contributed by atoms with Gasteiger partial charge in [0.25, 0.3) is 5.91 Å². The van der Waals surface area contributed by atoms with Gasteiger partial charge in [-0.3, -0.25) is 14.7 Å². The second-order valence-corrected chi connectivity index (χ2v) is 6.34. The molecule has 0 saturated carbocycles. The van der Waals surface area contributed by atoms with Crippen LogP contribution in [0.2, 0.25) is 0 Å². The number of amides is 3. The van der Waals surface area contributed by atoms with Gasteiger partial charge in [0.1, 0.15) is 5.82 Å². The maximum Gasteiger partial charge on any atom is 0.322 e. The van der Waals surface area contributed by atoms with Gasteiger partial charge in [-0.2, -0.15) is 0 Å². The summed E-state index contributed by atoms with van der Waals surface area (Å²) in [6, 6.07) is 10.5. The van der Waals surface area contributed by atoms with Crippen LogP contribution in [0.15, 0.2) is 59.9 Å². The van der Waals surface area contributed by atoms with Crippen LogP contribution in [0.3, 0.4) is 0 Å². The highest BCUT2D eigenvalue weighted by Crippen LogP contribution is 2.36. The molecule has 0 saturated heterocycles. The number of carbonyl (C=O) groups is 2. The number of carbonyl (C=O) groups excluding carboxylic acids is 2. The molecule has 6 nitrogen and oxygen atoms in total. The van der Waals surface area contributed by atoms with Gasteiger partial charge in [-0.15, -0.1) is 0 Å². The summed E-state index contributed by atoms with van der Waals surface area (Å²) >= 11 is 0. The summed E-state index contributed by atoms with van der Waals surface area (Å²) in [5.74, 6) is -0.511. The molecule has 26 heavy (non-hydrogen) atoms. The first-order valence-corrected chi connectivity index (χ1v) is 8.26. The molecule has 2 aliphatic heterocycles. The van der Waals surface area contributed by atoms with Crippen molar-refractivity contribution in [3.63, 3.8) is 0 Å². The lowest BCUT2D eigenvalue weighted by Crippen LogP contribution is -2.45. The van der Waals surface area contributed by atoms with Gasteiger partial charge in [-0.1, -0.05) is 18.2 Å². The molecule has 132 valence electrons. The number of benzene rings is 1. The van der Waals surface area contributed by atoms with Gasteiger partial charge in [0, 0.05) is 13.2 Å². The van der Waals surface area contributed by atoms with Crippen molar-refractivity contribution in [2.24, 2.45) is 0 Å². The predicted molar refractivity (Wildman–Crippen MR) is 92.1 cm³/mol. The zero-order valence-electron chi connectivity index (χ0n) is 14.1. The number of nitrogens with one attached hydrogen (secondary N) is 1. The number of nitrogens with zero attached hydrogens (tertiary/aromatic N) is 3. The molecule has 7 heteroatoms. The van der Waals surface area contributed by atoms with Crippen LogP contribution in [-0.2, 0) is 11.3 Å². The third-order valence-electron chi connectivity index (χ3n) is 4.72. The Kier molecular flexibility index (Phi) is 3.91. The zero-order valence-corrected chi connectivity index (χ0v) is 14.1. The van der Waals surface area contributed by atoms with Crippen LogP contribution in [0.25, 0.3) is 0 Å². The van der Waals surface area contributed by atoms with Crippen molar-refractivity contribution in [3.8, 4) is 0 Å². The molecule has 0 fully saturated rings. The summed E-state index contributed by atoms with van der Waals surface area (Å²) in [7, 11) is 1.64. The standard InChI is InChI=1S/C19H17FN4O2/c1-23-15-11-24(10-14-4-2-3-9-21-14)18(25)16(15)17(22-19(23)26)12-5-7-13(20)8-6-12/h2-9,17H,10-11H2,1H3,(H,22,26). The Bertz CT molecular complexity index is 896. The van der Waals surface area contributed by atoms with E-state index >= 15 is 0 Å². The average Bonchev–Trinajstić information content (AvgIpc) is 2.97. The Labute approximate surface area is 149 Å². The topological polar surface area (TPSA) is 65.5 Å². The van der Waals surface area contributed by atoms with Gasteiger partial charge in [0.05, 0.1) is 36.1 Å². The Morgan fingerprint density at radius 3 is 2.65 bits per heavy atom. The minimum Gasteiger partial charge on any atom is -0.327 e. The molecule has 1 unspecified atom stereocenters. The van der Waals surface area contributed by atoms with Crippen molar-refractivity contribution in [3.05, 3.63) is 77.0 Å². The maximum atomic E-state index is 13.3. The van der Waals surface area contributed by atoms with E-state index in [1.165, 1.54) is 17.0 Å². The summed E-state index contributed by atoms with van der Waals surface area (Å²) in [6.45, 7) is 0.706. The first-order chi connectivity index (χ1) is 12.5. The van der Waals surface area contributed by atoms with Crippen molar-refractivity contribution in [1.82, 2.24) is 20.1 Å². The molecule has 2 aliphatic rings. The minimum atomic E-state index is -0.587. The van der Waals surface area contributed by atoms with Crippen LogP contribution in [0.4, 0.5) is 9.18 Å². The van der Waals surface area contributed by atoms with Gasteiger partial charge in [-0.05, 0) is 29.8 Å². The summed E-state index contributed by atoms with van der Waals surface area (Å²) in [6.07, 6.45) is 1.68. The first kappa shape index (κ1) is 16.3. The van der Waals surface area contributed by atoms with Crippen molar-refractivity contribution in [2.45, 2.75) is 12.6 Å². The third-order valence-corrected chi connectivity index (χ3v) is 4.72. The number of aromatic nitrogens is 1. The van der Waals surface area contributed by atoms with Crippen molar-refractivity contribution in [2.75, 3.05) is 13.6 Å². The monoisotopic (exact) mass is 352 g/mol. The van der Waals surface area contributed by atoms with Crippen LogP contribution in [0, 0.1) is 5.82 Å². The molecule has 0 spiro atoms. The summed E-state index contributed by atoms with van der Waals surface area (Å²) in [5, 5.41) is 2.83. The minimum absolute atomic E-state index is 0.146. The molecular formula is C19H17FN4O2. The second kappa shape index (κ2) is 6.25. The lowest BCUT2D eigenvalue weighted by atomic mass is 9.96. The quantitative estimate of drug-likeness (QED) is 0.921. The van der Waals surface area contributed by atoms with E-state index in [0.717, 1.165) is 5.69 Å². The van der Waals surface area contributed by atoms with E-state index in [1.807, 2.05) is 18.2 Å². The molecule has 1 aromatic heterocycles. The highest BCUT2D eigenvalue weighted by Gasteiger charge is 2.42. The van der Waals surface area contributed by atoms with E-state index in [4.69, 9.17) is 0 Å². The lowest BCUT2D eigenvalue weighted by Gasteiger charge is -2.31. The normalized spacial score (nSPS) is 19.7. The van der Waals surface area contributed by atoms with E-state index in [0.29, 0.717) is 29.9 Å². The van der Waals surface area contributed by atoms with E-state index in [-0.39, 0.29) is 17.8 Å². The van der Waals surface area contributed by atoms with Crippen LogP contribution in [0.1, 0.15) is 17.3 Å². The Hall–Kier alpha value is -3.22. The maximum absolute atomic E-state index is 13.3. The highest BCUT2D eigenvalue weighted by molar-refractivity contribution is 6.01. The summed E-state index contributed by atoms with van der Waals surface area (Å²) in [4.78, 5) is 32.8. The first-order valence-electron chi connectivity index (χ1n) is 8.26. The molecule has 0 radical (unpaired) electrons. The molecule has 1 atom stereocenters. The largest absolute Gasteiger partial charge is 0.327 e. The fourth-order valence-corrected chi connectivity index (χ4v) is 3.34. The third kappa shape index (κ3) is 2.71. The highest BCUT2D eigenvalue weighted by atomic mass is 19.1. The molecule has 3 heterocycles. The van der Waals surface area contributed by atoms with Crippen molar-refractivity contribution >= 4 is 11.9 Å². The Morgan fingerprint density at radius 2 is 1.96 bits per heavy atom. The van der Waals surface area contributed by atoms with Crippen LogP contribution in [0.5, 0.6) is 0 Å². The van der Waals surface area contributed by atoms with Crippen molar-refractivity contribution < 1.29 is 14.0 Å². The number of hydrogen-bond acceptors (Lipinski definition) is 3. The second-order valence-electron chi connectivity index (χ2n) is 6.34. The average molecular weight is 352 g/mol. The van der Waals surface area contributed by atoms with Crippen molar-refractivity contribution in [1.29, 1.82) is 0 Å². The fourth-order valence-electron chi connectivity index (χ4n) is 3.34. The molecule has 0 aliphatic carbocycles. The number of rotatable bonds is 3. The molecule has 2 aromatic rings. The Morgan fingerprint density at radius 1 is 1.19 bits per heavy atom. The fraction of sp³-hybridized carbons (Fsp3) is 0.211. The van der Waals surface area contributed by atoms with Gasteiger partial charge in [-0.25, -0.2) is 9.18 Å². The smallest absolute Gasteiger partial charge is 0.322 e. The molecule has 0 bridgehead atoms.